The van der Waals surface area contributed by atoms with Crippen LogP contribution in [0.1, 0.15) is 37.9 Å². The Morgan fingerprint density at radius 2 is 1.85 bits per heavy atom. The SMILES string of the molecule is Cc1ccc2cc(C3(O)CC(C)OC(C)C3)ccc2n1. The van der Waals surface area contributed by atoms with E-state index in [0.29, 0.717) is 12.8 Å². The van der Waals surface area contributed by atoms with Crippen LogP contribution < -0.4 is 0 Å². The lowest BCUT2D eigenvalue weighted by Gasteiger charge is -2.39. The Kier molecular flexibility index (Phi) is 3.27. The number of ether oxygens (including phenoxy) is 1. The van der Waals surface area contributed by atoms with E-state index in [1.54, 1.807) is 0 Å². The predicted octanol–water partition coefficient (Wildman–Crippen LogP) is 3.32. The molecule has 1 aromatic carbocycles. The van der Waals surface area contributed by atoms with Gasteiger partial charge in [0.1, 0.15) is 0 Å². The largest absolute Gasteiger partial charge is 0.385 e. The topological polar surface area (TPSA) is 42.4 Å². The molecular weight excluding hydrogens is 250 g/mol. The molecule has 2 unspecified atom stereocenters. The lowest BCUT2D eigenvalue weighted by atomic mass is 9.81. The predicted molar refractivity (Wildman–Crippen MR) is 79.6 cm³/mol. The molecule has 0 radical (unpaired) electrons. The van der Waals surface area contributed by atoms with Crippen LogP contribution in [0, 0.1) is 6.92 Å². The molecule has 3 rings (SSSR count). The van der Waals surface area contributed by atoms with Crippen molar-refractivity contribution in [2.24, 2.45) is 0 Å². The summed E-state index contributed by atoms with van der Waals surface area (Å²) in [5.41, 5.74) is 2.16. The molecule has 1 aliphatic rings. The second kappa shape index (κ2) is 4.83. The van der Waals surface area contributed by atoms with Crippen LogP contribution in [0.2, 0.25) is 0 Å². The van der Waals surface area contributed by atoms with Crippen molar-refractivity contribution in [3.8, 4) is 0 Å². The van der Waals surface area contributed by atoms with E-state index in [9.17, 15) is 5.11 Å². The van der Waals surface area contributed by atoms with E-state index >= 15 is 0 Å². The number of hydrogen-bond acceptors (Lipinski definition) is 3. The van der Waals surface area contributed by atoms with Crippen LogP contribution >= 0.6 is 0 Å². The fourth-order valence-electron chi connectivity index (χ4n) is 3.28. The van der Waals surface area contributed by atoms with Gasteiger partial charge in [-0.05, 0) is 44.5 Å². The van der Waals surface area contributed by atoms with Crippen molar-refractivity contribution in [2.75, 3.05) is 0 Å². The lowest BCUT2D eigenvalue weighted by molar-refractivity contribution is -0.135. The van der Waals surface area contributed by atoms with E-state index in [4.69, 9.17) is 4.74 Å². The van der Waals surface area contributed by atoms with Crippen molar-refractivity contribution in [1.29, 1.82) is 0 Å². The minimum atomic E-state index is -0.795. The molecule has 0 saturated carbocycles. The Labute approximate surface area is 119 Å². The molecule has 3 nitrogen and oxygen atoms in total. The first-order chi connectivity index (χ1) is 9.46. The first kappa shape index (κ1) is 13.5. The molecule has 2 heterocycles. The van der Waals surface area contributed by atoms with Gasteiger partial charge in [-0.1, -0.05) is 12.1 Å². The summed E-state index contributed by atoms with van der Waals surface area (Å²) < 4.78 is 5.73. The van der Waals surface area contributed by atoms with E-state index in [-0.39, 0.29) is 12.2 Å². The molecule has 0 spiro atoms. The molecule has 1 fully saturated rings. The molecule has 0 aliphatic carbocycles. The summed E-state index contributed by atoms with van der Waals surface area (Å²) in [4.78, 5) is 4.51. The van der Waals surface area contributed by atoms with Gasteiger partial charge in [0.05, 0.1) is 23.3 Å². The van der Waals surface area contributed by atoms with Gasteiger partial charge in [0.2, 0.25) is 0 Å². The van der Waals surface area contributed by atoms with Crippen LogP contribution in [0.15, 0.2) is 30.3 Å². The van der Waals surface area contributed by atoms with E-state index in [1.165, 1.54) is 0 Å². The maximum absolute atomic E-state index is 11.0. The van der Waals surface area contributed by atoms with Crippen molar-refractivity contribution >= 4 is 10.9 Å². The van der Waals surface area contributed by atoms with Crippen LogP contribution in [-0.2, 0) is 10.3 Å². The third-order valence-corrected chi connectivity index (χ3v) is 4.08. The van der Waals surface area contributed by atoms with Gasteiger partial charge in [-0.2, -0.15) is 0 Å². The molecule has 0 amide bonds. The monoisotopic (exact) mass is 271 g/mol. The molecule has 20 heavy (non-hydrogen) atoms. The summed E-state index contributed by atoms with van der Waals surface area (Å²) in [6.45, 7) is 6.03. The van der Waals surface area contributed by atoms with Crippen LogP contribution in [0.5, 0.6) is 0 Å². The van der Waals surface area contributed by atoms with Gasteiger partial charge in [0, 0.05) is 23.9 Å². The first-order valence-corrected chi connectivity index (χ1v) is 7.22. The highest BCUT2D eigenvalue weighted by atomic mass is 16.5. The Balaban J connectivity index is 2.02. The normalized spacial score (nSPS) is 30.6. The number of pyridine rings is 1. The van der Waals surface area contributed by atoms with Crippen LogP contribution in [0.4, 0.5) is 0 Å². The molecule has 106 valence electrons. The van der Waals surface area contributed by atoms with Gasteiger partial charge in [-0.25, -0.2) is 0 Å². The quantitative estimate of drug-likeness (QED) is 0.865. The average molecular weight is 271 g/mol. The van der Waals surface area contributed by atoms with Gasteiger partial charge in [-0.3, -0.25) is 4.98 Å². The molecular formula is C17H21NO2. The molecule has 1 N–H and O–H groups in total. The number of aryl methyl sites for hydroxylation is 1. The highest BCUT2D eigenvalue weighted by molar-refractivity contribution is 5.79. The molecule has 3 heteroatoms. The number of aromatic nitrogens is 1. The van der Waals surface area contributed by atoms with Gasteiger partial charge in [0.25, 0.3) is 0 Å². The Morgan fingerprint density at radius 3 is 2.55 bits per heavy atom. The van der Waals surface area contributed by atoms with E-state index < -0.39 is 5.60 Å². The van der Waals surface area contributed by atoms with Crippen molar-refractivity contribution < 1.29 is 9.84 Å². The second-order valence-corrected chi connectivity index (χ2v) is 6.06. The van der Waals surface area contributed by atoms with Crippen molar-refractivity contribution in [3.63, 3.8) is 0 Å². The highest BCUT2D eigenvalue weighted by Gasteiger charge is 2.38. The van der Waals surface area contributed by atoms with Gasteiger partial charge in [-0.15, -0.1) is 0 Å². The summed E-state index contributed by atoms with van der Waals surface area (Å²) in [5, 5.41) is 12.1. The minimum Gasteiger partial charge on any atom is -0.385 e. The third-order valence-electron chi connectivity index (χ3n) is 4.08. The zero-order valence-electron chi connectivity index (χ0n) is 12.3. The standard InChI is InChI=1S/C17H21NO2/c1-11-4-5-14-8-15(6-7-16(14)18-11)17(19)9-12(2)20-13(3)10-17/h4-8,12-13,19H,9-10H2,1-3H3. The highest BCUT2D eigenvalue weighted by Crippen LogP contribution is 2.38. The van der Waals surface area contributed by atoms with Crippen LogP contribution in [0.25, 0.3) is 10.9 Å². The number of fused-ring (bicyclic) bond motifs is 1. The van der Waals surface area contributed by atoms with Crippen molar-refractivity contribution in [3.05, 3.63) is 41.6 Å². The molecule has 2 atom stereocenters. The van der Waals surface area contributed by atoms with E-state index in [1.807, 2.05) is 39.0 Å². The second-order valence-electron chi connectivity index (χ2n) is 6.06. The van der Waals surface area contributed by atoms with E-state index in [2.05, 4.69) is 17.1 Å². The average Bonchev–Trinajstić information content (AvgIpc) is 2.36. The lowest BCUT2D eigenvalue weighted by Crippen LogP contribution is -2.41. The third kappa shape index (κ3) is 2.43. The van der Waals surface area contributed by atoms with Crippen molar-refractivity contribution in [1.82, 2.24) is 4.98 Å². The fraction of sp³-hybridized carbons (Fsp3) is 0.471. The number of benzene rings is 1. The van der Waals surface area contributed by atoms with E-state index in [0.717, 1.165) is 22.2 Å². The summed E-state index contributed by atoms with van der Waals surface area (Å²) in [5.74, 6) is 0. The summed E-state index contributed by atoms with van der Waals surface area (Å²) >= 11 is 0. The Morgan fingerprint density at radius 1 is 1.15 bits per heavy atom. The van der Waals surface area contributed by atoms with Gasteiger partial charge in [0.15, 0.2) is 0 Å². The van der Waals surface area contributed by atoms with Crippen LogP contribution in [0.3, 0.4) is 0 Å². The maximum atomic E-state index is 11.0. The zero-order chi connectivity index (χ0) is 14.3. The maximum Gasteiger partial charge on any atom is 0.0945 e. The molecule has 2 aromatic rings. The molecule has 0 bridgehead atoms. The molecule has 1 aromatic heterocycles. The van der Waals surface area contributed by atoms with Crippen molar-refractivity contribution in [2.45, 2.75) is 51.4 Å². The number of rotatable bonds is 1. The first-order valence-electron chi connectivity index (χ1n) is 7.22. The summed E-state index contributed by atoms with van der Waals surface area (Å²) in [6.07, 6.45) is 1.44. The minimum absolute atomic E-state index is 0.0792. The Hall–Kier alpha value is -1.45. The van der Waals surface area contributed by atoms with Crippen LogP contribution in [-0.4, -0.2) is 22.3 Å². The van der Waals surface area contributed by atoms with Gasteiger partial charge < -0.3 is 9.84 Å². The van der Waals surface area contributed by atoms with Gasteiger partial charge >= 0.3 is 0 Å². The fourth-order valence-corrected chi connectivity index (χ4v) is 3.28. The molecule has 1 aliphatic heterocycles. The number of nitrogens with zero attached hydrogens (tertiary/aromatic N) is 1. The Bertz CT molecular complexity index is 628. The number of aliphatic hydroxyl groups is 1. The smallest absolute Gasteiger partial charge is 0.0945 e. The zero-order valence-corrected chi connectivity index (χ0v) is 12.3. The number of hydrogen-bond donors (Lipinski definition) is 1. The summed E-state index contributed by atoms with van der Waals surface area (Å²) in [7, 11) is 0. The summed E-state index contributed by atoms with van der Waals surface area (Å²) in [6, 6.07) is 10.1. The molecule has 1 saturated heterocycles.